The lowest BCUT2D eigenvalue weighted by molar-refractivity contribution is 0.565. The van der Waals surface area contributed by atoms with Gasteiger partial charge in [-0.3, -0.25) is 0 Å². The highest BCUT2D eigenvalue weighted by atomic mass is 16.1. The number of hydrogen-bond acceptors (Lipinski definition) is 4. The van der Waals surface area contributed by atoms with Gasteiger partial charge in [0.05, 0.1) is 11.4 Å². The number of rotatable bonds is 7. The molecule has 0 fully saturated rings. The first-order valence-electron chi connectivity index (χ1n) is 8.83. The molecule has 0 radical (unpaired) electrons. The van der Waals surface area contributed by atoms with Gasteiger partial charge < -0.3 is 0 Å². The van der Waals surface area contributed by atoms with E-state index in [1.54, 1.807) is 12.2 Å². The summed E-state index contributed by atoms with van der Waals surface area (Å²) >= 11 is 0. The summed E-state index contributed by atoms with van der Waals surface area (Å²) in [7, 11) is 0. The van der Waals surface area contributed by atoms with Crippen molar-refractivity contribution >= 4 is 23.5 Å². The molecule has 134 valence electrons. The minimum atomic E-state index is 0.545. The third kappa shape index (κ3) is 4.64. The van der Waals surface area contributed by atoms with Gasteiger partial charge in [0, 0.05) is 5.56 Å². The fourth-order valence-corrected chi connectivity index (χ4v) is 3.12. The van der Waals surface area contributed by atoms with Crippen LogP contribution in [0.1, 0.15) is 46.2 Å². The predicted octanol–water partition coefficient (Wildman–Crippen LogP) is 5.42. The number of benzene rings is 2. The summed E-state index contributed by atoms with van der Waals surface area (Å²) in [5, 5.41) is 0. The number of hydrogen-bond donors (Lipinski definition) is 0. The first kappa shape index (κ1) is 19.5. The van der Waals surface area contributed by atoms with Gasteiger partial charge in [0.25, 0.3) is 0 Å². The van der Waals surface area contributed by atoms with E-state index in [1.807, 2.05) is 19.9 Å². The Morgan fingerprint density at radius 1 is 0.808 bits per heavy atom. The Morgan fingerprint density at radius 3 is 2.15 bits per heavy atom. The molecule has 4 heteroatoms. The molecular formula is C22H24N2O2. The number of isocyanates is 2. The third-order valence-corrected chi connectivity index (χ3v) is 4.93. The summed E-state index contributed by atoms with van der Waals surface area (Å²) < 4.78 is 0. The smallest absolute Gasteiger partial charge is 0.211 e. The van der Waals surface area contributed by atoms with Crippen LogP contribution in [0.2, 0.25) is 0 Å². The summed E-state index contributed by atoms with van der Waals surface area (Å²) in [6.45, 7) is 8.06. The first-order valence-corrected chi connectivity index (χ1v) is 8.83. The van der Waals surface area contributed by atoms with Crippen molar-refractivity contribution in [3.63, 3.8) is 0 Å². The van der Waals surface area contributed by atoms with Crippen molar-refractivity contribution in [2.75, 3.05) is 0 Å². The predicted molar refractivity (Wildman–Crippen MR) is 104 cm³/mol. The molecule has 0 saturated heterocycles. The summed E-state index contributed by atoms with van der Waals surface area (Å²) in [5.74, 6) is 0. The van der Waals surface area contributed by atoms with Crippen molar-refractivity contribution in [2.24, 2.45) is 9.98 Å². The highest BCUT2D eigenvalue weighted by Gasteiger charge is 2.13. The zero-order valence-corrected chi connectivity index (χ0v) is 15.8. The summed E-state index contributed by atoms with van der Waals surface area (Å²) in [6.07, 6.45) is 6.84. The molecule has 2 rings (SSSR count). The molecule has 2 aromatic rings. The van der Waals surface area contributed by atoms with Gasteiger partial charge in [0.2, 0.25) is 12.2 Å². The maximum Gasteiger partial charge on any atom is 0.240 e. The molecule has 0 bridgehead atoms. The number of carbonyl (C=O) groups excluding carboxylic acids is 2. The molecule has 0 aliphatic heterocycles. The van der Waals surface area contributed by atoms with Crippen molar-refractivity contribution in [1.29, 1.82) is 0 Å². The van der Waals surface area contributed by atoms with Gasteiger partial charge in [0.15, 0.2) is 0 Å². The van der Waals surface area contributed by atoms with Crippen molar-refractivity contribution in [1.82, 2.24) is 0 Å². The van der Waals surface area contributed by atoms with Crippen LogP contribution in [-0.4, -0.2) is 12.2 Å². The fraction of sp³-hybridized carbons (Fsp3) is 0.364. The second kappa shape index (κ2) is 9.05. The molecule has 2 aromatic carbocycles. The average molecular weight is 348 g/mol. The van der Waals surface area contributed by atoms with Gasteiger partial charge in [-0.1, -0.05) is 18.2 Å². The standard InChI is InChI=1S/C22H24N2O2/c1-15-9-10-19(11-16(15)2)7-5-6-8-20-21(23-13-25)12-17(3)18(4)22(20)24-14-26/h9-12H,5-8H2,1-4H3. The summed E-state index contributed by atoms with van der Waals surface area (Å²) in [6, 6.07) is 8.41. The molecule has 0 unspecified atom stereocenters. The molecule has 0 N–H and O–H groups in total. The normalized spacial score (nSPS) is 10.2. The van der Waals surface area contributed by atoms with Crippen LogP contribution in [0.15, 0.2) is 34.3 Å². The van der Waals surface area contributed by atoms with E-state index in [0.717, 1.165) is 36.0 Å². The Morgan fingerprint density at radius 2 is 1.50 bits per heavy atom. The van der Waals surface area contributed by atoms with Crippen molar-refractivity contribution in [3.05, 3.63) is 57.6 Å². The molecule has 0 spiro atoms. The van der Waals surface area contributed by atoms with Gasteiger partial charge in [-0.05, 0) is 87.3 Å². The van der Waals surface area contributed by atoms with Gasteiger partial charge in [-0.15, -0.1) is 0 Å². The Bertz CT molecular complexity index is 903. The third-order valence-electron chi connectivity index (χ3n) is 4.93. The summed E-state index contributed by atoms with van der Waals surface area (Å²) in [4.78, 5) is 29.3. The molecule has 0 aromatic heterocycles. The Labute approximate surface area is 154 Å². The maximum absolute atomic E-state index is 10.8. The highest BCUT2D eigenvalue weighted by molar-refractivity contribution is 5.70. The van der Waals surface area contributed by atoms with E-state index >= 15 is 0 Å². The average Bonchev–Trinajstić information content (AvgIpc) is 2.61. The fourth-order valence-electron chi connectivity index (χ4n) is 3.12. The van der Waals surface area contributed by atoms with Crippen LogP contribution in [0.4, 0.5) is 11.4 Å². The molecule has 0 atom stereocenters. The second-order valence-electron chi connectivity index (χ2n) is 6.70. The van der Waals surface area contributed by atoms with Crippen LogP contribution in [0.25, 0.3) is 0 Å². The minimum Gasteiger partial charge on any atom is -0.211 e. The molecule has 4 nitrogen and oxygen atoms in total. The van der Waals surface area contributed by atoms with E-state index < -0.39 is 0 Å². The Kier molecular flexibility index (Phi) is 6.80. The topological polar surface area (TPSA) is 58.9 Å². The van der Waals surface area contributed by atoms with Crippen LogP contribution in [0, 0.1) is 27.7 Å². The van der Waals surface area contributed by atoms with Gasteiger partial charge in [0.1, 0.15) is 0 Å². The zero-order chi connectivity index (χ0) is 19.1. The van der Waals surface area contributed by atoms with Gasteiger partial charge in [-0.25, -0.2) is 9.59 Å². The second-order valence-corrected chi connectivity index (χ2v) is 6.70. The quantitative estimate of drug-likeness (QED) is 0.381. The van der Waals surface area contributed by atoms with Crippen LogP contribution in [0.5, 0.6) is 0 Å². The van der Waals surface area contributed by atoms with Crippen LogP contribution in [0.3, 0.4) is 0 Å². The van der Waals surface area contributed by atoms with E-state index in [0.29, 0.717) is 17.8 Å². The number of nitrogens with zero attached hydrogens (tertiary/aromatic N) is 2. The maximum atomic E-state index is 10.8. The highest BCUT2D eigenvalue weighted by Crippen LogP contribution is 2.36. The number of aliphatic imine (C=N–C) groups is 2. The largest absolute Gasteiger partial charge is 0.240 e. The van der Waals surface area contributed by atoms with E-state index in [2.05, 4.69) is 42.0 Å². The van der Waals surface area contributed by atoms with E-state index in [4.69, 9.17) is 0 Å². The lowest BCUT2D eigenvalue weighted by atomic mass is 9.95. The molecular weight excluding hydrogens is 324 g/mol. The van der Waals surface area contributed by atoms with Crippen molar-refractivity contribution in [2.45, 2.75) is 53.4 Å². The van der Waals surface area contributed by atoms with Crippen molar-refractivity contribution < 1.29 is 9.59 Å². The number of unbranched alkanes of at least 4 members (excludes halogenated alkanes) is 1. The molecule has 0 aliphatic rings. The molecule has 0 aliphatic carbocycles. The molecule has 0 saturated carbocycles. The van der Waals surface area contributed by atoms with E-state index in [9.17, 15) is 9.59 Å². The lowest BCUT2D eigenvalue weighted by Crippen LogP contribution is -1.95. The number of aryl methyl sites for hydroxylation is 4. The SMILES string of the molecule is Cc1ccc(CCCCc2c(N=C=O)cc(C)c(C)c2N=C=O)cc1C. The van der Waals surface area contributed by atoms with E-state index in [-0.39, 0.29) is 0 Å². The zero-order valence-electron chi connectivity index (χ0n) is 15.8. The first-order chi connectivity index (χ1) is 12.5. The minimum absolute atomic E-state index is 0.545. The van der Waals surface area contributed by atoms with Crippen LogP contribution < -0.4 is 0 Å². The van der Waals surface area contributed by atoms with E-state index in [1.165, 1.54) is 16.7 Å². The molecule has 26 heavy (non-hydrogen) atoms. The van der Waals surface area contributed by atoms with Crippen LogP contribution in [-0.2, 0) is 22.4 Å². The monoisotopic (exact) mass is 348 g/mol. The lowest BCUT2D eigenvalue weighted by Gasteiger charge is -2.13. The Hall–Kier alpha value is -2.80. The van der Waals surface area contributed by atoms with Crippen LogP contribution >= 0.6 is 0 Å². The van der Waals surface area contributed by atoms with Crippen molar-refractivity contribution in [3.8, 4) is 0 Å². The van der Waals surface area contributed by atoms with Gasteiger partial charge >= 0.3 is 0 Å². The van der Waals surface area contributed by atoms with Gasteiger partial charge in [-0.2, -0.15) is 9.98 Å². The molecule has 0 heterocycles. The molecule has 0 amide bonds. The Balaban J connectivity index is 2.17. The summed E-state index contributed by atoms with van der Waals surface area (Å²) in [5.41, 5.74) is 7.74.